The molecule has 11 aromatic carbocycles. The standard InChI is InChI=1S/C66H44BN5/c1-6-22-45(23-7-1)68(46-24-8-2-9-25-46)50-38-40-60-55(42-50)56-43-51(69(47-26-10-3-11-27-47)48-28-12-4-13-29-48)44-58-65(56)71(60)62-37-21-18-34-57(62)67(58)72-61-36-20-16-32-52(61)53-39-41-63-64(66(53)72)54-33-17-19-35-59(54)70(63)49-30-14-5-15-31-49/h1-44H. The number of nitrogens with zero attached hydrogens (tertiary/aromatic N) is 5. The highest BCUT2D eigenvalue weighted by atomic mass is 15.2. The molecule has 4 heterocycles. The highest BCUT2D eigenvalue weighted by molar-refractivity contribution is 6.88. The number of hydrogen-bond donors (Lipinski definition) is 0. The van der Waals surface area contributed by atoms with Crippen molar-refractivity contribution in [1.82, 2.24) is 13.6 Å². The number of rotatable bonds is 8. The van der Waals surface area contributed by atoms with Crippen molar-refractivity contribution in [2.75, 3.05) is 9.80 Å². The molecule has 1 aliphatic heterocycles. The van der Waals surface area contributed by atoms with Crippen molar-refractivity contribution in [2.24, 2.45) is 0 Å². The first kappa shape index (κ1) is 40.4. The molecular formula is C66H44BN5. The summed E-state index contributed by atoms with van der Waals surface area (Å²) >= 11 is 0. The third-order valence-corrected chi connectivity index (χ3v) is 15.0. The Balaban J connectivity index is 1.10. The van der Waals surface area contributed by atoms with Gasteiger partial charge in [0, 0.05) is 88.8 Å². The molecule has 0 aliphatic carbocycles. The molecule has 0 spiro atoms. The number of hydrogen-bond acceptors (Lipinski definition) is 2. The largest absolute Gasteiger partial charge is 0.375 e. The zero-order valence-electron chi connectivity index (χ0n) is 39.2. The maximum Gasteiger partial charge on any atom is 0.332 e. The second kappa shape index (κ2) is 16.0. The predicted molar refractivity (Wildman–Crippen MR) is 304 cm³/mol. The number of fused-ring (bicyclic) bond motifs is 12. The van der Waals surface area contributed by atoms with Crippen LogP contribution in [0.25, 0.3) is 76.8 Å². The zero-order chi connectivity index (χ0) is 47.3. The maximum absolute atomic E-state index is 2.70. The highest BCUT2D eigenvalue weighted by Gasteiger charge is 2.38. The minimum Gasteiger partial charge on any atom is -0.375 e. The van der Waals surface area contributed by atoms with E-state index in [0.29, 0.717) is 0 Å². The van der Waals surface area contributed by atoms with Crippen LogP contribution in [-0.2, 0) is 0 Å². The average molecular weight is 918 g/mol. The van der Waals surface area contributed by atoms with Crippen LogP contribution in [0.1, 0.15) is 0 Å². The summed E-state index contributed by atoms with van der Waals surface area (Å²) < 4.78 is 7.69. The van der Waals surface area contributed by atoms with Crippen LogP contribution in [0.15, 0.2) is 267 Å². The molecule has 5 nitrogen and oxygen atoms in total. The van der Waals surface area contributed by atoms with Crippen LogP contribution < -0.4 is 20.7 Å². The summed E-state index contributed by atoms with van der Waals surface area (Å²) in [6.45, 7) is -0.217. The Kier molecular flexibility index (Phi) is 8.99. The maximum atomic E-state index is 2.70. The van der Waals surface area contributed by atoms with Gasteiger partial charge in [-0.3, -0.25) is 0 Å². The van der Waals surface area contributed by atoms with Crippen LogP contribution in [0.3, 0.4) is 0 Å². The fraction of sp³-hybridized carbons (Fsp3) is 0. The Morgan fingerprint density at radius 2 is 0.778 bits per heavy atom. The van der Waals surface area contributed by atoms with E-state index in [-0.39, 0.29) is 6.85 Å². The molecule has 72 heavy (non-hydrogen) atoms. The third-order valence-electron chi connectivity index (χ3n) is 15.0. The molecule has 0 saturated heterocycles. The van der Waals surface area contributed by atoms with Gasteiger partial charge in [0.2, 0.25) is 0 Å². The molecule has 0 radical (unpaired) electrons. The Bertz CT molecular complexity index is 4310. The van der Waals surface area contributed by atoms with Gasteiger partial charge >= 0.3 is 6.85 Å². The van der Waals surface area contributed by atoms with Gasteiger partial charge in [-0.15, -0.1) is 0 Å². The topological polar surface area (TPSA) is 21.3 Å². The van der Waals surface area contributed by atoms with E-state index in [1.165, 1.54) is 82.0 Å². The van der Waals surface area contributed by atoms with Crippen LogP contribution in [0.2, 0.25) is 0 Å². The van der Waals surface area contributed by atoms with Gasteiger partial charge in [0.15, 0.2) is 0 Å². The van der Waals surface area contributed by atoms with Gasteiger partial charge in [-0.2, -0.15) is 0 Å². The molecule has 0 amide bonds. The lowest BCUT2D eigenvalue weighted by atomic mass is 9.48. The Hall–Kier alpha value is -9.52. The van der Waals surface area contributed by atoms with Gasteiger partial charge in [0.05, 0.1) is 22.1 Å². The second-order valence-corrected chi connectivity index (χ2v) is 18.9. The van der Waals surface area contributed by atoms with E-state index in [1.54, 1.807) is 0 Å². The van der Waals surface area contributed by atoms with Gasteiger partial charge < -0.3 is 23.4 Å². The van der Waals surface area contributed by atoms with Gasteiger partial charge in [-0.05, 0) is 126 Å². The molecule has 0 N–H and O–H groups in total. The molecule has 1 aliphatic rings. The van der Waals surface area contributed by atoms with Crippen LogP contribution >= 0.6 is 0 Å². The van der Waals surface area contributed by atoms with Gasteiger partial charge in [-0.25, -0.2) is 0 Å². The first-order valence-electron chi connectivity index (χ1n) is 24.8. The van der Waals surface area contributed by atoms with E-state index in [0.717, 1.165) is 39.8 Å². The lowest BCUT2D eigenvalue weighted by molar-refractivity contribution is 1.17. The molecule has 6 heteroatoms. The van der Waals surface area contributed by atoms with Crippen molar-refractivity contribution < 1.29 is 0 Å². The summed E-state index contributed by atoms with van der Waals surface area (Å²) in [6.07, 6.45) is 0. The lowest BCUT2D eigenvalue weighted by Gasteiger charge is -2.31. The van der Waals surface area contributed by atoms with Crippen LogP contribution in [0, 0.1) is 0 Å². The molecule has 0 atom stereocenters. The molecule has 0 fully saturated rings. The third kappa shape index (κ3) is 5.96. The summed E-state index contributed by atoms with van der Waals surface area (Å²) in [6, 6.07) is 97.8. The summed E-state index contributed by atoms with van der Waals surface area (Å²) in [5.41, 5.74) is 18.6. The number of benzene rings is 11. The van der Waals surface area contributed by atoms with Gasteiger partial charge in [0.1, 0.15) is 0 Å². The van der Waals surface area contributed by atoms with Crippen molar-refractivity contribution >= 4 is 117 Å². The minimum absolute atomic E-state index is 0.217. The fourth-order valence-corrected chi connectivity index (χ4v) is 12.1. The van der Waals surface area contributed by atoms with E-state index in [2.05, 4.69) is 290 Å². The molecular weight excluding hydrogens is 874 g/mol. The first-order chi connectivity index (χ1) is 35.8. The molecule has 14 aromatic rings. The van der Waals surface area contributed by atoms with Crippen LogP contribution in [-0.4, -0.2) is 20.5 Å². The zero-order valence-corrected chi connectivity index (χ0v) is 39.2. The van der Waals surface area contributed by atoms with Crippen molar-refractivity contribution in [3.05, 3.63) is 267 Å². The summed E-state index contributed by atoms with van der Waals surface area (Å²) in [4.78, 5) is 4.80. The monoisotopic (exact) mass is 917 g/mol. The van der Waals surface area contributed by atoms with Crippen LogP contribution in [0.5, 0.6) is 0 Å². The molecule has 0 unspecified atom stereocenters. The van der Waals surface area contributed by atoms with E-state index in [1.807, 2.05) is 0 Å². The summed E-state index contributed by atoms with van der Waals surface area (Å²) in [7, 11) is 0. The quantitative estimate of drug-likeness (QED) is 0.142. The van der Waals surface area contributed by atoms with Crippen LogP contribution in [0.4, 0.5) is 34.1 Å². The molecule has 15 rings (SSSR count). The van der Waals surface area contributed by atoms with Crippen molar-refractivity contribution in [2.45, 2.75) is 0 Å². The molecule has 0 bridgehead atoms. The van der Waals surface area contributed by atoms with E-state index in [4.69, 9.17) is 0 Å². The normalized spacial score (nSPS) is 12.1. The van der Waals surface area contributed by atoms with E-state index in [9.17, 15) is 0 Å². The smallest absolute Gasteiger partial charge is 0.332 e. The highest BCUT2D eigenvalue weighted by Crippen LogP contribution is 2.46. The van der Waals surface area contributed by atoms with E-state index < -0.39 is 0 Å². The number of anilines is 6. The van der Waals surface area contributed by atoms with Gasteiger partial charge in [-0.1, -0.05) is 152 Å². The fourth-order valence-electron chi connectivity index (χ4n) is 12.1. The Labute approximate surface area is 417 Å². The van der Waals surface area contributed by atoms with E-state index >= 15 is 0 Å². The second-order valence-electron chi connectivity index (χ2n) is 18.9. The lowest BCUT2D eigenvalue weighted by Crippen LogP contribution is -2.53. The Morgan fingerprint density at radius 1 is 0.278 bits per heavy atom. The summed E-state index contributed by atoms with van der Waals surface area (Å²) in [5, 5.41) is 7.35. The molecule has 3 aromatic heterocycles. The predicted octanol–water partition coefficient (Wildman–Crippen LogP) is 15.9. The average Bonchev–Trinajstić information content (AvgIpc) is 4.09. The minimum atomic E-state index is -0.217. The number of para-hydroxylation sites is 8. The molecule has 0 saturated carbocycles. The molecule has 336 valence electrons. The Morgan fingerprint density at radius 3 is 1.43 bits per heavy atom. The summed E-state index contributed by atoms with van der Waals surface area (Å²) in [5.74, 6) is 0. The SMILES string of the molecule is c1ccc(N(c2ccccc2)c2ccc3c(c2)c2cc(N(c4ccccc4)c4ccccc4)cc4c2n3-c2ccccc2B4n2c3ccccc3c3ccc4c(c5ccccc5n4-c4ccccc4)c32)cc1. The van der Waals surface area contributed by atoms with Crippen molar-refractivity contribution in [3.8, 4) is 11.4 Å². The number of aromatic nitrogens is 3. The van der Waals surface area contributed by atoms with Crippen molar-refractivity contribution in [1.29, 1.82) is 0 Å². The van der Waals surface area contributed by atoms with Gasteiger partial charge in [0.25, 0.3) is 0 Å². The first-order valence-corrected chi connectivity index (χ1v) is 24.8. The van der Waals surface area contributed by atoms with Crippen molar-refractivity contribution in [3.63, 3.8) is 0 Å².